The molecule has 0 radical (unpaired) electrons. The molecule has 1 aliphatic rings. The van der Waals surface area contributed by atoms with Crippen molar-refractivity contribution < 1.29 is 24.5 Å². The van der Waals surface area contributed by atoms with Crippen LogP contribution in [-0.2, 0) is 29.5 Å². The van der Waals surface area contributed by atoms with Gasteiger partial charge in [0.15, 0.2) is 0 Å². The molecule has 0 amide bonds. The molecule has 0 saturated heterocycles. The molecule has 7 heteroatoms. The smallest absolute Gasteiger partial charge is 0.328 e. The molecule has 1 heterocycles. The molecule has 0 saturated carbocycles. The van der Waals surface area contributed by atoms with E-state index in [1.165, 1.54) is 35.0 Å². The molecule has 2 aromatic rings. The number of hydrogen-bond acceptors (Lipinski definition) is 4. The lowest BCUT2D eigenvalue weighted by Gasteiger charge is -2.09. The topological polar surface area (TPSA) is 101 Å². The third kappa shape index (κ3) is 4.43. The average molecular weight is 360 g/mol. The van der Waals surface area contributed by atoms with E-state index in [9.17, 15) is 9.59 Å². The largest absolute Gasteiger partial charge is 0.497 e. The molecule has 1 aliphatic carbocycles. The SMILES string of the molecule is CNCC1Cc2c(n(C)c3ccc(OC)cc23)C1.O=C(O)/C=C\C(=O)O. The number of carboxylic acids is 2. The molecule has 3 rings (SSSR count). The highest BCUT2D eigenvalue weighted by Crippen LogP contribution is 2.36. The summed E-state index contributed by atoms with van der Waals surface area (Å²) in [6.45, 7) is 1.10. The van der Waals surface area contributed by atoms with E-state index < -0.39 is 11.9 Å². The summed E-state index contributed by atoms with van der Waals surface area (Å²) in [7, 11) is 5.94. The van der Waals surface area contributed by atoms with Gasteiger partial charge in [0.25, 0.3) is 0 Å². The van der Waals surface area contributed by atoms with Gasteiger partial charge in [0, 0.05) is 35.8 Å². The van der Waals surface area contributed by atoms with Gasteiger partial charge in [-0.15, -0.1) is 0 Å². The van der Waals surface area contributed by atoms with Crippen LogP contribution in [0.2, 0.25) is 0 Å². The molecule has 140 valence electrons. The molecule has 26 heavy (non-hydrogen) atoms. The fourth-order valence-electron chi connectivity index (χ4n) is 3.38. The van der Waals surface area contributed by atoms with Crippen molar-refractivity contribution >= 4 is 22.8 Å². The number of benzene rings is 1. The monoisotopic (exact) mass is 360 g/mol. The van der Waals surface area contributed by atoms with Gasteiger partial charge in [-0.05, 0) is 56.1 Å². The molecule has 1 unspecified atom stereocenters. The Morgan fingerprint density at radius 3 is 2.46 bits per heavy atom. The summed E-state index contributed by atoms with van der Waals surface area (Å²) in [6, 6.07) is 6.39. The van der Waals surface area contributed by atoms with Gasteiger partial charge < -0.3 is 24.8 Å². The highest BCUT2D eigenvalue weighted by molar-refractivity contribution is 5.89. The van der Waals surface area contributed by atoms with Gasteiger partial charge in [-0.2, -0.15) is 0 Å². The Morgan fingerprint density at radius 2 is 1.92 bits per heavy atom. The maximum Gasteiger partial charge on any atom is 0.328 e. The second-order valence-corrected chi connectivity index (χ2v) is 6.21. The van der Waals surface area contributed by atoms with E-state index in [-0.39, 0.29) is 0 Å². The summed E-state index contributed by atoms with van der Waals surface area (Å²) in [4.78, 5) is 19.1. The maximum atomic E-state index is 9.55. The predicted octanol–water partition coefficient (Wildman–Crippen LogP) is 1.83. The van der Waals surface area contributed by atoms with Crippen molar-refractivity contribution in [1.29, 1.82) is 0 Å². The van der Waals surface area contributed by atoms with Crippen LogP contribution in [-0.4, -0.2) is 47.4 Å². The lowest BCUT2D eigenvalue weighted by molar-refractivity contribution is -0.134. The normalized spacial score (nSPS) is 15.6. The standard InChI is InChI=1S/C15H20N2O.C4H4O4/c1-16-9-10-6-12-13-8-11(18-3)4-5-14(13)17(2)15(12)7-10;5-3(6)1-2-4(7)8/h4-5,8,10,16H,6-7,9H2,1-3H3;1-2H,(H,5,6)(H,7,8)/b;2-1-. The van der Waals surface area contributed by atoms with Crippen molar-refractivity contribution in [1.82, 2.24) is 9.88 Å². The molecule has 0 fully saturated rings. The Bertz CT molecular complexity index is 822. The van der Waals surface area contributed by atoms with E-state index in [0.717, 1.165) is 18.2 Å². The molecule has 1 aromatic carbocycles. The number of aliphatic carboxylic acids is 2. The average Bonchev–Trinajstić information content (AvgIpc) is 3.13. The van der Waals surface area contributed by atoms with Gasteiger partial charge in [-0.1, -0.05) is 0 Å². The number of aromatic nitrogens is 1. The van der Waals surface area contributed by atoms with Gasteiger partial charge in [0.05, 0.1) is 7.11 Å². The zero-order valence-corrected chi connectivity index (χ0v) is 15.2. The van der Waals surface area contributed by atoms with Gasteiger partial charge in [-0.25, -0.2) is 9.59 Å². The van der Waals surface area contributed by atoms with Crippen LogP contribution >= 0.6 is 0 Å². The number of methoxy groups -OCH3 is 1. The Hall–Kier alpha value is -2.80. The molecule has 3 N–H and O–H groups in total. The van der Waals surface area contributed by atoms with Crippen molar-refractivity contribution in [3.8, 4) is 5.75 Å². The Kier molecular flexibility index (Phi) is 6.41. The molecule has 7 nitrogen and oxygen atoms in total. The quantitative estimate of drug-likeness (QED) is 0.704. The number of rotatable bonds is 5. The van der Waals surface area contributed by atoms with Crippen LogP contribution in [0.3, 0.4) is 0 Å². The number of nitrogens with zero attached hydrogens (tertiary/aromatic N) is 1. The molecule has 0 spiro atoms. The van der Waals surface area contributed by atoms with Crippen LogP contribution in [0.4, 0.5) is 0 Å². The van der Waals surface area contributed by atoms with Crippen molar-refractivity contribution in [2.75, 3.05) is 20.7 Å². The second-order valence-electron chi connectivity index (χ2n) is 6.21. The minimum Gasteiger partial charge on any atom is -0.497 e. The summed E-state index contributed by atoms with van der Waals surface area (Å²) >= 11 is 0. The first kappa shape index (κ1) is 19.5. The number of fused-ring (bicyclic) bond motifs is 3. The van der Waals surface area contributed by atoms with Crippen LogP contribution < -0.4 is 10.1 Å². The van der Waals surface area contributed by atoms with Crippen molar-refractivity contribution in [3.05, 3.63) is 41.6 Å². The van der Waals surface area contributed by atoms with E-state index in [1.54, 1.807) is 7.11 Å². The Morgan fingerprint density at radius 1 is 1.27 bits per heavy atom. The third-order valence-corrected chi connectivity index (χ3v) is 4.48. The number of aryl methyl sites for hydroxylation is 1. The second kappa shape index (κ2) is 8.53. The van der Waals surface area contributed by atoms with Crippen LogP contribution in [0.5, 0.6) is 5.75 Å². The summed E-state index contributed by atoms with van der Waals surface area (Å²) in [5, 5.41) is 20.3. The van der Waals surface area contributed by atoms with E-state index in [0.29, 0.717) is 12.2 Å². The lowest BCUT2D eigenvalue weighted by Crippen LogP contribution is -2.19. The lowest BCUT2D eigenvalue weighted by atomic mass is 10.0. The highest BCUT2D eigenvalue weighted by atomic mass is 16.5. The zero-order chi connectivity index (χ0) is 19.3. The minimum absolute atomic E-state index is 0.558. The van der Waals surface area contributed by atoms with E-state index >= 15 is 0 Å². The third-order valence-electron chi connectivity index (χ3n) is 4.48. The number of hydrogen-bond donors (Lipinski definition) is 3. The first-order valence-electron chi connectivity index (χ1n) is 8.30. The number of carboxylic acid groups (broad SMARTS) is 2. The number of ether oxygens (including phenoxy) is 1. The summed E-state index contributed by atoms with van der Waals surface area (Å²) < 4.78 is 7.69. The van der Waals surface area contributed by atoms with Gasteiger partial charge >= 0.3 is 11.9 Å². The van der Waals surface area contributed by atoms with E-state index in [2.05, 4.69) is 29.1 Å². The number of nitrogens with one attached hydrogen (secondary N) is 1. The fraction of sp³-hybridized carbons (Fsp3) is 0.368. The first-order valence-corrected chi connectivity index (χ1v) is 8.30. The molecule has 1 aromatic heterocycles. The fourth-order valence-corrected chi connectivity index (χ4v) is 3.38. The molecule has 0 aliphatic heterocycles. The van der Waals surface area contributed by atoms with Gasteiger partial charge in [0.2, 0.25) is 0 Å². The van der Waals surface area contributed by atoms with Crippen LogP contribution in [0.15, 0.2) is 30.4 Å². The van der Waals surface area contributed by atoms with E-state index in [1.807, 2.05) is 13.1 Å². The highest BCUT2D eigenvalue weighted by Gasteiger charge is 2.26. The van der Waals surface area contributed by atoms with E-state index in [4.69, 9.17) is 14.9 Å². The molecule has 0 bridgehead atoms. The molecular formula is C19H24N2O5. The van der Waals surface area contributed by atoms with Crippen LogP contribution in [0.25, 0.3) is 10.9 Å². The zero-order valence-electron chi connectivity index (χ0n) is 15.2. The maximum absolute atomic E-state index is 9.55. The Labute approximate surface area is 151 Å². The molecular weight excluding hydrogens is 336 g/mol. The first-order chi connectivity index (χ1) is 12.4. The van der Waals surface area contributed by atoms with Gasteiger partial charge in [0.1, 0.15) is 5.75 Å². The van der Waals surface area contributed by atoms with Crippen molar-refractivity contribution in [2.24, 2.45) is 13.0 Å². The summed E-state index contributed by atoms with van der Waals surface area (Å²) in [6.07, 6.45) is 3.48. The van der Waals surface area contributed by atoms with Crippen LogP contribution in [0, 0.1) is 5.92 Å². The predicted molar refractivity (Wildman–Crippen MR) is 98.7 cm³/mol. The van der Waals surface area contributed by atoms with Crippen molar-refractivity contribution in [2.45, 2.75) is 12.8 Å². The minimum atomic E-state index is -1.26. The number of carbonyl (C=O) groups is 2. The van der Waals surface area contributed by atoms with Gasteiger partial charge in [-0.3, -0.25) is 0 Å². The van der Waals surface area contributed by atoms with Crippen LogP contribution in [0.1, 0.15) is 11.3 Å². The summed E-state index contributed by atoms with van der Waals surface area (Å²) in [5.74, 6) is -0.824. The summed E-state index contributed by atoms with van der Waals surface area (Å²) in [5.41, 5.74) is 4.34. The molecule has 1 atom stereocenters. The Balaban J connectivity index is 0.000000260. The van der Waals surface area contributed by atoms with Crippen molar-refractivity contribution in [3.63, 3.8) is 0 Å².